The summed E-state index contributed by atoms with van der Waals surface area (Å²) >= 11 is 0. The molecule has 1 aliphatic rings. The van der Waals surface area contributed by atoms with Crippen LogP contribution in [0.2, 0.25) is 0 Å². The predicted molar refractivity (Wildman–Crippen MR) is 128 cm³/mol. The minimum Gasteiger partial charge on any atom is -0.490 e. The highest BCUT2D eigenvalue weighted by Gasteiger charge is 2.24. The predicted octanol–water partition coefficient (Wildman–Crippen LogP) is 4.14. The highest BCUT2D eigenvalue weighted by Crippen LogP contribution is 2.38. The molecule has 178 valence electrons. The van der Waals surface area contributed by atoms with Crippen LogP contribution in [0, 0.1) is 6.92 Å². The minimum atomic E-state index is -3.42. The highest BCUT2D eigenvalue weighted by atomic mass is 32.2. The molecule has 1 aromatic heterocycles. The Balaban J connectivity index is 0.00000306. The lowest BCUT2D eigenvalue weighted by Crippen LogP contribution is -2.26. The Morgan fingerprint density at radius 1 is 1.03 bits per heavy atom. The molecule has 0 amide bonds. The first-order chi connectivity index (χ1) is 15.2. The molecule has 1 aliphatic carbocycles. The minimum absolute atomic E-state index is 0. The fraction of sp³-hybridized carbons (Fsp3) is 0.400. The van der Waals surface area contributed by atoms with Crippen molar-refractivity contribution in [2.24, 2.45) is 7.05 Å². The molecule has 1 N–H and O–H groups in total. The van der Waals surface area contributed by atoms with Gasteiger partial charge in [0.25, 0.3) is 5.56 Å². The summed E-state index contributed by atoms with van der Waals surface area (Å²) in [6, 6.07) is 10.6. The van der Waals surface area contributed by atoms with Gasteiger partial charge in [0.2, 0.25) is 0 Å². The summed E-state index contributed by atoms with van der Waals surface area (Å²) < 4.78 is 33.1. The molecule has 2 aromatic carbocycles. The van der Waals surface area contributed by atoms with Crippen molar-refractivity contribution in [1.82, 2.24) is 4.57 Å². The number of fused-ring (bicyclic) bond motifs is 1. The van der Waals surface area contributed by atoms with Crippen molar-refractivity contribution in [1.29, 1.82) is 0 Å². The smallest absolute Gasteiger partial charge is 0.258 e. The van der Waals surface area contributed by atoms with E-state index in [-0.39, 0.29) is 33.1 Å². The standard InChI is InChI=1S/C25H29NO5S.FH/c1-4-32(29,30)19-10-12-24(31-18-8-6-17(27)7-9-18)22(14-19)23-15-26(3)25(28)20-11-5-16(2)13-21(20)23;/h5,10-15,17-18,27H,4,6-9H2,1-3H3;1H. The molecule has 0 aliphatic heterocycles. The molecule has 0 atom stereocenters. The molecule has 1 fully saturated rings. The molecule has 0 saturated heterocycles. The Labute approximate surface area is 193 Å². The van der Waals surface area contributed by atoms with E-state index >= 15 is 0 Å². The number of halogens is 1. The summed E-state index contributed by atoms with van der Waals surface area (Å²) in [6.07, 6.45) is 4.26. The van der Waals surface area contributed by atoms with E-state index in [2.05, 4.69) is 0 Å². The topological polar surface area (TPSA) is 85.6 Å². The molecule has 0 radical (unpaired) electrons. The van der Waals surface area contributed by atoms with Crippen LogP contribution >= 0.6 is 0 Å². The van der Waals surface area contributed by atoms with Crippen LogP contribution in [0.4, 0.5) is 4.70 Å². The number of rotatable bonds is 5. The third-order valence-corrected chi connectivity index (χ3v) is 7.99. The molecule has 6 nitrogen and oxygen atoms in total. The number of ether oxygens (including phenoxy) is 1. The largest absolute Gasteiger partial charge is 0.490 e. The summed E-state index contributed by atoms with van der Waals surface area (Å²) in [5.74, 6) is 0.586. The maximum atomic E-state index is 12.7. The van der Waals surface area contributed by atoms with Gasteiger partial charge in [-0.1, -0.05) is 24.6 Å². The number of benzene rings is 2. The zero-order chi connectivity index (χ0) is 23.0. The van der Waals surface area contributed by atoms with Gasteiger partial charge in [-0.25, -0.2) is 8.42 Å². The van der Waals surface area contributed by atoms with Crippen LogP contribution in [0.1, 0.15) is 38.2 Å². The molecule has 0 spiro atoms. The first-order valence-electron chi connectivity index (χ1n) is 11.0. The number of pyridine rings is 1. The van der Waals surface area contributed by atoms with E-state index in [1.807, 2.05) is 25.1 Å². The summed E-state index contributed by atoms with van der Waals surface area (Å²) in [7, 11) is -1.73. The summed E-state index contributed by atoms with van der Waals surface area (Å²) in [5, 5.41) is 11.2. The van der Waals surface area contributed by atoms with Gasteiger partial charge in [-0.05, 0) is 62.3 Å². The van der Waals surface area contributed by atoms with Crippen molar-refractivity contribution in [3.8, 4) is 16.9 Å². The molecule has 0 bridgehead atoms. The lowest BCUT2D eigenvalue weighted by molar-refractivity contribution is 0.0668. The van der Waals surface area contributed by atoms with Crippen LogP contribution in [-0.4, -0.2) is 36.1 Å². The van der Waals surface area contributed by atoms with Crippen molar-refractivity contribution in [2.75, 3.05) is 5.75 Å². The van der Waals surface area contributed by atoms with E-state index < -0.39 is 9.84 Å². The summed E-state index contributed by atoms with van der Waals surface area (Å²) in [5.41, 5.74) is 2.31. The van der Waals surface area contributed by atoms with E-state index in [0.717, 1.165) is 29.4 Å². The number of aromatic nitrogens is 1. The third-order valence-electron chi connectivity index (χ3n) is 6.26. The number of nitrogens with zero attached hydrogens (tertiary/aromatic N) is 1. The monoisotopic (exact) mass is 475 g/mol. The quantitative estimate of drug-likeness (QED) is 0.599. The molecule has 1 saturated carbocycles. The number of hydrogen-bond donors (Lipinski definition) is 1. The summed E-state index contributed by atoms with van der Waals surface area (Å²) in [6.45, 7) is 3.58. The van der Waals surface area contributed by atoms with E-state index in [1.54, 1.807) is 38.4 Å². The van der Waals surface area contributed by atoms with Gasteiger partial charge in [-0.2, -0.15) is 0 Å². The van der Waals surface area contributed by atoms with Crippen LogP contribution in [0.15, 0.2) is 52.3 Å². The van der Waals surface area contributed by atoms with Crippen molar-refractivity contribution < 1.29 is 23.0 Å². The van der Waals surface area contributed by atoms with Crippen LogP contribution in [0.3, 0.4) is 0 Å². The van der Waals surface area contributed by atoms with Gasteiger partial charge in [0.05, 0.1) is 22.9 Å². The lowest BCUT2D eigenvalue weighted by atomic mass is 9.94. The first kappa shape index (κ1) is 24.9. The SMILES string of the molecule is CCS(=O)(=O)c1ccc(OC2CCC(O)CC2)c(-c2cn(C)c(=O)c3ccc(C)cc23)c1.F. The van der Waals surface area contributed by atoms with Crippen molar-refractivity contribution in [3.05, 3.63) is 58.5 Å². The molecule has 0 unspecified atom stereocenters. The zero-order valence-electron chi connectivity index (χ0n) is 19.1. The molecule has 8 heteroatoms. The molecule has 3 aromatic rings. The van der Waals surface area contributed by atoms with Crippen LogP contribution < -0.4 is 10.3 Å². The van der Waals surface area contributed by atoms with Gasteiger partial charge >= 0.3 is 0 Å². The third kappa shape index (κ3) is 4.96. The van der Waals surface area contributed by atoms with Crippen LogP contribution in [0.5, 0.6) is 5.75 Å². The number of aryl methyl sites for hydroxylation is 2. The number of aliphatic hydroxyl groups excluding tert-OH is 1. The fourth-order valence-electron chi connectivity index (χ4n) is 4.32. The Hall–Kier alpha value is -2.71. The first-order valence-corrected chi connectivity index (χ1v) is 12.7. The van der Waals surface area contributed by atoms with Gasteiger partial charge < -0.3 is 14.4 Å². The van der Waals surface area contributed by atoms with E-state index in [9.17, 15) is 18.3 Å². The second-order valence-corrected chi connectivity index (χ2v) is 10.9. The Bertz CT molecular complexity index is 1320. The van der Waals surface area contributed by atoms with Gasteiger partial charge in [0.1, 0.15) is 5.75 Å². The Morgan fingerprint density at radius 2 is 1.73 bits per heavy atom. The average molecular weight is 476 g/mol. The van der Waals surface area contributed by atoms with Gasteiger partial charge in [0, 0.05) is 29.8 Å². The molecular formula is C25H30FNO5S. The Kier molecular flexibility index (Phi) is 7.29. The van der Waals surface area contributed by atoms with Gasteiger partial charge in [0.15, 0.2) is 9.84 Å². The van der Waals surface area contributed by atoms with Gasteiger partial charge in [-0.3, -0.25) is 9.50 Å². The van der Waals surface area contributed by atoms with Crippen LogP contribution in [0.25, 0.3) is 21.9 Å². The van der Waals surface area contributed by atoms with Crippen molar-refractivity contribution in [3.63, 3.8) is 0 Å². The fourth-order valence-corrected chi connectivity index (χ4v) is 5.23. The summed E-state index contributed by atoms with van der Waals surface area (Å²) in [4.78, 5) is 13.0. The van der Waals surface area contributed by atoms with E-state index in [4.69, 9.17) is 4.74 Å². The molecular weight excluding hydrogens is 445 g/mol. The Morgan fingerprint density at radius 3 is 2.39 bits per heavy atom. The second-order valence-electron chi connectivity index (χ2n) is 8.62. The van der Waals surface area contributed by atoms with Crippen LogP contribution in [-0.2, 0) is 16.9 Å². The van der Waals surface area contributed by atoms with E-state index in [0.29, 0.717) is 29.5 Å². The molecule has 33 heavy (non-hydrogen) atoms. The van der Waals surface area contributed by atoms with E-state index in [1.165, 1.54) is 4.57 Å². The van der Waals surface area contributed by atoms with Crippen molar-refractivity contribution in [2.45, 2.75) is 56.6 Å². The second kappa shape index (κ2) is 9.65. The maximum absolute atomic E-state index is 12.7. The number of sulfone groups is 1. The average Bonchev–Trinajstić information content (AvgIpc) is 2.78. The number of hydrogen-bond acceptors (Lipinski definition) is 5. The highest BCUT2D eigenvalue weighted by molar-refractivity contribution is 7.91. The maximum Gasteiger partial charge on any atom is 0.258 e. The number of aliphatic hydroxyl groups is 1. The zero-order valence-corrected chi connectivity index (χ0v) is 19.9. The normalized spacial score (nSPS) is 18.7. The molecule has 4 rings (SSSR count). The lowest BCUT2D eigenvalue weighted by Gasteiger charge is -2.27. The van der Waals surface area contributed by atoms with Gasteiger partial charge in [-0.15, -0.1) is 0 Å². The molecule has 1 heterocycles. The van der Waals surface area contributed by atoms with Crippen molar-refractivity contribution >= 4 is 20.6 Å².